The number of halogens is 1. The number of anilines is 2. The second-order valence-corrected chi connectivity index (χ2v) is 7.73. The molecule has 27 heavy (non-hydrogen) atoms. The summed E-state index contributed by atoms with van der Waals surface area (Å²) in [4.78, 5) is 17.1. The van der Waals surface area contributed by atoms with Gasteiger partial charge in [0.25, 0.3) is 0 Å². The predicted octanol–water partition coefficient (Wildman–Crippen LogP) is 3.74. The number of nitrogens with zero attached hydrogens (tertiary/aromatic N) is 2. The first-order valence-corrected chi connectivity index (χ1v) is 10.0. The van der Waals surface area contributed by atoms with Crippen molar-refractivity contribution in [2.45, 2.75) is 19.5 Å². The summed E-state index contributed by atoms with van der Waals surface area (Å²) in [6.07, 6.45) is 0. The molecule has 1 aliphatic rings. The van der Waals surface area contributed by atoms with Gasteiger partial charge in [0.15, 0.2) is 0 Å². The van der Waals surface area contributed by atoms with Crippen molar-refractivity contribution in [3.63, 3.8) is 0 Å². The summed E-state index contributed by atoms with van der Waals surface area (Å²) < 4.78 is 6.41. The number of para-hydroxylation sites is 1. The smallest absolute Gasteiger partial charge is 0.241 e. The van der Waals surface area contributed by atoms with Crippen LogP contribution in [0.5, 0.6) is 0 Å². The molecule has 0 saturated carbocycles. The number of ether oxygens (including phenoxy) is 1. The standard InChI is InChI=1S/C21H26BrN3O2/c1-16(21(26)23-19-8-5-7-18(22)14-19)24(2)15-17-6-3-4-9-20(17)25-10-12-27-13-11-25/h3-9,14,16H,10-13,15H2,1-2H3,(H,23,26). The Bertz CT molecular complexity index is 778. The van der Waals surface area contributed by atoms with Gasteiger partial charge in [-0.15, -0.1) is 0 Å². The average molecular weight is 432 g/mol. The Labute approximate surface area is 169 Å². The Morgan fingerprint density at radius 3 is 2.70 bits per heavy atom. The number of benzene rings is 2. The Hall–Kier alpha value is -1.89. The highest BCUT2D eigenvalue weighted by Gasteiger charge is 2.21. The van der Waals surface area contributed by atoms with Gasteiger partial charge in [0, 0.05) is 35.5 Å². The summed E-state index contributed by atoms with van der Waals surface area (Å²) in [6.45, 7) is 5.97. The lowest BCUT2D eigenvalue weighted by Gasteiger charge is -2.32. The molecule has 3 rings (SSSR count). The Balaban J connectivity index is 1.65. The van der Waals surface area contributed by atoms with E-state index in [1.807, 2.05) is 38.2 Å². The van der Waals surface area contributed by atoms with Crippen LogP contribution in [0.15, 0.2) is 53.0 Å². The summed E-state index contributed by atoms with van der Waals surface area (Å²) in [5.74, 6) is -0.0144. The molecule has 2 aromatic rings. The van der Waals surface area contributed by atoms with Crippen molar-refractivity contribution in [3.05, 3.63) is 58.6 Å². The molecule has 1 N–H and O–H groups in total. The molecule has 1 saturated heterocycles. The van der Waals surface area contributed by atoms with Crippen LogP contribution >= 0.6 is 15.9 Å². The lowest BCUT2D eigenvalue weighted by molar-refractivity contribution is -0.120. The van der Waals surface area contributed by atoms with E-state index in [1.54, 1.807) is 0 Å². The zero-order valence-corrected chi connectivity index (χ0v) is 17.4. The van der Waals surface area contributed by atoms with Gasteiger partial charge in [-0.05, 0) is 43.8 Å². The Morgan fingerprint density at radius 1 is 1.22 bits per heavy atom. The Morgan fingerprint density at radius 2 is 1.96 bits per heavy atom. The molecule has 1 unspecified atom stereocenters. The highest BCUT2D eigenvalue weighted by molar-refractivity contribution is 9.10. The zero-order valence-electron chi connectivity index (χ0n) is 15.8. The molecule has 0 spiro atoms. The van der Waals surface area contributed by atoms with Crippen molar-refractivity contribution >= 4 is 33.2 Å². The van der Waals surface area contributed by atoms with Gasteiger partial charge in [0.05, 0.1) is 19.3 Å². The van der Waals surface area contributed by atoms with E-state index in [0.717, 1.165) is 36.5 Å². The third-order valence-electron chi connectivity index (χ3n) is 4.90. The molecule has 2 aromatic carbocycles. The fourth-order valence-corrected chi connectivity index (χ4v) is 3.58. The van der Waals surface area contributed by atoms with E-state index in [0.29, 0.717) is 6.54 Å². The van der Waals surface area contributed by atoms with Crippen LogP contribution in [-0.2, 0) is 16.1 Å². The van der Waals surface area contributed by atoms with Crippen LogP contribution in [0.3, 0.4) is 0 Å². The fourth-order valence-electron chi connectivity index (χ4n) is 3.18. The van der Waals surface area contributed by atoms with Gasteiger partial charge in [-0.25, -0.2) is 0 Å². The Kier molecular flexibility index (Phi) is 6.88. The topological polar surface area (TPSA) is 44.8 Å². The zero-order chi connectivity index (χ0) is 19.2. The predicted molar refractivity (Wildman–Crippen MR) is 113 cm³/mol. The van der Waals surface area contributed by atoms with Crippen molar-refractivity contribution in [1.82, 2.24) is 4.90 Å². The van der Waals surface area contributed by atoms with Crippen LogP contribution in [0, 0.1) is 0 Å². The molecule has 6 heteroatoms. The van der Waals surface area contributed by atoms with E-state index >= 15 is 0 Å². The quantitative estimate of drug-likeness (QED) is 0.756. The second kappa shape index (κ2) is 9.35. The van der Waals surface area contributed by atoms with E-state index < -0.39 is 0 Å². The maximum absolute atomic E-state index is 12.6. The summed E-state index contributed by atoms with van der Waals surface area (Å²) >= 11 is 3.43. The minimum absolute atomic E-state index is 0.0144. The highest BCUT2D eigenvalue weighted by Crippen LogP contribution is 2.23. The number of hydrogen-bond donors (Lipinski definition) is 1. The van der Waals surface area contributed by atoms with E-state index in [1.165, 1.54) is 11.3 Å². The minimum Gasteiger partial charge on any atom is -0.378 e. The number of nitrogens with one attached hydrogen (secondary N) is 1. The number of hydrogen-bond acceptors (Lipinski definition) is 4. The summed E-state index contributed by atoms with van der Waals surface area (Å²) in [7, 11) is 1.99. The maximum atomic E-state index is 12.6. The van der Waals surface area contributed by atoms with Gasteiger partial charge < -0.3 is 15.0 Å². The highest BCUT2D eigenvalue weighted by atomic mass is 79.9. The van der Waals surface area contributed by atoms with Crippen LogP contribution in [-0.4, -0.2) is 50.2 Å². The third-order valence-corrected chi connectivity index (χ3v) is 5.39. The van der Waals surface area contributed by atoms with Gasteiger partial charge in [-0.2, -0.15) is 0 Å². The van der Waals surface area contributed by atoms with Crippen LogP contribution in [0.25, 0.3) is 0 Å². The first kappa shape index (κ1) is 19.9. The van der Waals surface area contributed by atoms with Crippen molar-refractivity contribution in [2.24, 2.45) is 0 Å². The molecule has 0 aliphatic carbocycles. The van der Waals surface area contributed by atoms with E-state index in [9.17, 15) is 4.79 Å². The molecule has 1 amide bonds. The lowest BCUT2D eigenvalue weighted by Crippen LogP contribution is -2.40. The van der Waals surface area contributed by atoms with Gasteiger partial charge in [-0.3, -0.25) is 9.69 Å². The monoisotopic (exact) mass is 431 g/mol. The van der Waals surface area contributed by atoms with Crippen molar-refractivity contribution in [1.29, 1.82) is 0 Å². The lowest BCUT2D eigenvalue weighted by atomic mass is 10.1. The summed E-state index contributed by atoms with van der Waals surface area (Å²) in [6, 6.07) is 15.8. The van der Waals surface area contributed by atoms with Crippen LogP contribution in [0.4, 0.5) is 11.4 Å². The second-order valence-electron chi connectivity index (χ2n) is 6.82. The summed E-state index contributed by atoms with van der Waals surface area (Å²) in [5, 5.41) is 2.99. The largest absolute Gasteiger partial charge is 0.378 e. The number of likely N-dealkylation sites (N-methyl/N-ethyl adjacent to an activating group) is 1. The SMILES string of the molecule is CC(C(=O)Nc1cccc(Br)c1)N(C)Cc1ccccc1N1CCOCC1. The molecule has 0 bridgehead atoms. The van der Waals surface area contributed by atoms with E-state index in [2.05, 4.69) is 55.3 Å². The number of rotatable bonds is 6. The van der Waals surface area contributed by atoms with Crippen molar-refractivity contribution < 1.29 is 9.53 Å². The van der Waals surface area contributed by atoms with Crippen LogP contribution in [0.2, 0.25) is 0 Å². The van der Waals surface area contributed by atoms with Crippen LogP contribution < -0.4 is 10.2 Å². The van der Waals surface area contributed by atoms with Crippen molar-refractivity contribution in [3.8, 4) is 0 Å². The van der Waals surface area contributed by atoms with Crippen molar-refractivity contribution in [2.75, 3.05) is 43.6 Å². The van der Waals surface area contributed by atoms with Gasteiger partial charge in [-0.1, -0.05) is 40.2 Å². The first-order chi connectivity index (χ1) is 13.0. The molecule has 5 nitrogen and oxygen atoms in total. The molecular formula is C21H26BrN3O2. The van der Waals surface area contributed by atoms with E-state index in [-0.39, 0.29) is 11.9 Å². The molecule has 1 heterocycles. The first-order valence-electron chi connectivity index (χ1n) is 9.22. The molecule has 0 aromatic heterocycles. The van der Waals surface area contributed by atoms with E-state index in [4.69, 9.17) is 4.74 Å². The fraction of sp³-hybridized carbons (Fsp3) is 0.381. The molecule has 1 aliphatic heterocycles. The number of carbonyl (C=O) groups is 1. The normalized spacial score (nSPS) is 15.6. The average Bonchev–Trinajstić information content (AvgIpc) is 2.68. The molecule has 1 fully saturated rings. The molecule has 144 valence electrons. The number of carbonyl (C=O) groups excluding carboxylic acids is 1. The third kappa shape index (κ3) is 5.31. The number of morpholine rings is 1. The van der Waals surface area contributed by atoms with Crippen LogP contribution in [0.1, 0.15) is 12.5 Å². The van der Waals surface area contributed by atoms with Gasteiger partial charge in [0.1, 0.15) is 0 Å². The molecule has 1 atom stereocenters. The van der Waals surface area contributed by atoms with Gasteiger partial charge in [0.2, 0.25) is 5.91 Å². The minimum atomic E-state index is -0.248. The molecule has 0 radical (unpaired) electrons. The summed E-state index contributed by atoms with van der Waals surface area (Å²) in [5.41, 5.74) is 3.25. The maximum Gasteiger partial charge on any atom is 0.241 e. The van der Waals surface area contributed by atoms with Gasteiger partial charge >= 0.3 is 0 Å². The molecular weight excluding hydrogens is 406 g/mol. The number of amides is 1.